The lowest BCUT2D eigenvalue weighted by atomic mass is 9.93. The van der Waals surface area contributed by atoms with Crippen molar-refractivity contribution < 1.29 is 24.5 Å². The highest BCUT2D eigenvalue weighted by molar-refractivity contribution is 6.09. The van der Waals surface area contributed by atoms with Gasteiger partial charge in [0.25, 0.3) is 5.91 Å². The van der Waals surface area contributed by atoms with E-state index in [4.69, 9.17) is 4.74 Å². The summed E-state index contributed by atoms with van der Waals surface area (Å²) in [5, 5.41) is 20.8. The van der Waals surface area contributed by atoms with E-state index < -0.39 is 17.7 Å². The Balaban J connectivity index is 1.93. The molecule has 0 saturated heterocycles. The lowest BCUT2D eigenvalue weighted by Crippen LogP contribution is -2.32. The van der Waals surface area contributed by atoms with Crippen molar-refractivity contribution in [2.75, 3.05) is 13.7 Å². The first-order chi connectivity index (χ1) is 14.5. The molecule has 30 heavy (non-hydrogen) atoms. The van der Waals surface area contributed by atoms with Gasteiger partial charge in [-0.1, -0.05) is 49.7 Å². The summed E-state index contributed by atoms with van der Waals surface area (Å²) in [6.45, 7) is 2.42. The van der Waals surface area contributed by atoms with Gasteiger partial charge >= 0.3 is 0 Å². The van der Waals surface area contributed by atoms with Gasteiger partial charge in [0, 0.05) is 13.0 Å². The van der Waals surface area contributed by atoms with E-state index in [9.17, 15) is 19.8 Å². The normalized spacial score (nSPS) is 16.3. The molecule has 3 rings (SSSR count). The number of aliphatic hydroxyl groups is 1. The van der Waals surface area contributed by atoms with Gasteiger partial charge in [0.1, 0.15) is 0 Å². The summed E-state index contributed by atoms with van der Waals surface area (Å²) >= 11 is 0. The van der Waals surface area contributed by atoms with Gasteiger partial charge in [-0.05, 0) is 36.1 Å². The number of carbonyl (C=O) groups is 2. The first-order valence-electron chi connectivity index (χ1n) is 10.2. The number of aromatic hydroxyl groups is 1. The number of aliphatic hydroxyl groups excluding tert-OH is 1. The van der Waals surface area contributed by atoms with Gasteiger partial charge < -0.3 is 19.8 Å². The molecule has 2 aromatic carbocycles. The zero-order valence-corrected chi connectivity index (χ0v) is 17.3. The van der Waals surface area contributed by atoms with Crippen molar-refractivity contribution >= 4 is 11.7 Å². The molecule has 1 heterocycles. The molecular formula is C24H27NO5. The number of hydrogen-bond acceptors (Lipinski definition) is 5. The topological polar surface area (TPSA) is 87.1 Å². The van der Waals surface area contributed by atoms with Crippen LogP contribution >= 0.6 is 0 Å². The number of unbranched alkanes of at least 4 members (excludes halogenated alkanes) is 1. The maximum absolute atomic E-state index is 13.1. The number of carbonyl (C=O) groups excluding carboxylic acids is 2. The Morgan fingerprint density at radius 3 is 2.50 bits per heavy atom. The predicted molar refractivity (Wildman–Crippen MR) is 113 cm³/mol. The number of amides is 1. The fraction of sp³-hybridized carbons (Fsp3) is 0.333. The lowest BCUT2D eigenvalue weighted by Gasteiger charge is -2.27. The van der Waals surface area contributed by atoms with Crippen LogP contribution in [0.3, 0.4) is 0 Å². The highest BCUT2D eigenvalue weighted by Crippen LogP contribution is 2.41. The number of benzene rings is 2. The minimum Gasteiger partial charge on any atom is -0.504 e. The van der Waals surface area contributed by atoms with E-state index >= 15 is 0 Å². The van der Waals surface area contributed by atoms with Gasteiger partial charge in [0.05, 0.1) is 18.7 Å². The lowest BCUT2D eigenvalue weighted by molar-refractivity contribution is -0.129. The largest absolute Gasteiger partial charge is 0.504 e. The van der Waals surface area contributed by atoms with Gasteiger partial charge in [-0.3, -0.25) is 9.59 Å². The molecule has 0 spiro atoms. The Bertz CT molecular complexity index is 951. The third-order valence-electron chi connectivity index (χ3n) is 5.36. The van der Waals surface area contributed by atoms with Crippen molar-refractivity contribution in [1.29, 1.82) is 0 Å². The standard InChI is InChI=1S/C24H27NO5/c1-3-4-14-25-22(17-11-13-20(30-2)19(27)15-17)21(23(28)24(25)29)18(26)12-10-16-8-6-5-7-9-16/h5-9,11,13,15,22,27-28H,3-4,10,12,14H2,1-2H3. The summed E-state index contributed by atoms with van der Waals surface area (Å²) in [7, 11) is 1.45. The molecule has 1 unspecified atom stereocenters. The zero-order chi connectivity index (χ0) is 21.7. The average molecular weight is 409 g/mol. The van der Waals surface area contributed by atoms with Crippen LogP contribution in [-0.4, -0.2) is 40.5 Å². The van der Waals surface area contributed by atoms with Gasteiger partial charge in [-0.2, -0.15) is 0 Å². The molecule has 0 saturated carbocycles. The second-order valence-corrected chi connectivity index (χ2v) is 7.36. The van der Waals surface area contributed by atoms with Crippen LogP contribution in [0, 0.1) is 0 Å². The number of methoxy groups -OCH3 is 1. The number of phenols is 1. The van der Waals surface area contributed by atoms with E-state index in [1.807, 2.05) is 37.3 Å². The van der Waals surface area contributed by atoms with Crippen molar-refractivity contribution in [1.82, 2.24) is 4.90 Å². The van der Waals surface area contributed by atoms with E-state index in [1.165, 1.54) is 18.1 Å². The Hall–Kier alpha value is -3.28. The van der Waals surface area contributed by atoms with Crippen LogP contribution in [0.25, 0.3) is 0 Å². The van der Waals surface area contributed by atoms with Crippen molar-refractivity contribution in [3.05, 3.63) is 71.0 Å². The molecule has 0 aliphatic carbocycles. The number of ether oxygens (including phenoxy) is 1. The maximum atomic E-state index is 13.1. The van der Waals surface area contributed by atoms with Crippen LogP contribution < -0.4 is 4.74 Å². The molecule has 1 atom stereocenters. The fourth-order valence-corrected chi connectivity index (χ4v) is 3.76. The molecule has 6 nitrogen and oxygen atoms in total. The maximum Gasteiger partial charge on any atom is 0.290 e. The minimum absolute atomic E-state index is 0.0830. The summed E-state index contributed by atoms with van der Waals surface area (Å²) in [5.41, 5.74) is 1.67. The van der Waals surface area contributed by atoms with Gasteiger partial charge in [-0.15, -0.1) is 0 Å². The van der Waals surface area contributed by atoms with Crippen LogP contribution in [0.1, 0.15) is 43.4 Å². The Labute approximate surface area is 176 Å². The number of phenolic OH excluding ortho intramolecular Hbond substituents is 1. The Kier molecular flexibility index (Phi) is 6.77. The first-order valence-corrected chi connectivity index (χ1v) is 10.2. The van der Waals surface area contributed by atoms with Crippen LogP contribution in [0.15, 0.2) is 59.9 Å². The molecule has 0 bridgehead atoms. The average Bonchev–Trinajstić information content (AvgIpc) is 3.01. The highest BCUT2D eigenvalue weighted by Gasteiger charge is 2.43. The smallest absolute Gasteiger partial charge is 0.290 e. The summed E-state index contributed by atoms with van der Waals surface area (Å²) < 4.78 is 5.10. The van der Waals surface area contributed by atoms with Crippen molar-refractivity contribution in [3.63, 3.8) is 0 Å². The number of aryl methyl sites for hydroxylation is 1. The second-order valence-electron chi connectivity index (χ2n) is 7.36. The van der Waals surface area contributed by atoms with Crippen molar-refractivity contribution in [3.8, 4) is 11.5 Å². The number of hydrogen-bond donors (Lipinski definition) is 2. The van der Waals surface area contributed by atoms with E-state index in [2.05, 4.69) is 0 Å². The number of nitrogens with zero attached hydrogens (tertiary/aromatic N) is 1. The second kappa shape index (κ2) is 9.48. The van der Waals surface area contributed by atoms with E-state index in [1.54, 1.807) is 12.1 Å². The summed E-state index contributed by atoms with van der Waals surface area (Å²) in [6, 6.07) is 13.7. The molecule has 0 fully saturated rings. The predicted octanol–water partition coefficient (Wildman–Crippen LogP) is 4.10. The van der Waals surface area contributed by atoms with E-state index in [0.29, 0.717) is 24.3 Å². The third kappa shape index (κ3) is 4.32. The van der Waals surface area contributed by atoms with Gasteiger partial charge in [0.15, 0.2) is 23.0 Å². The quantitative estimate of drug-likeness (QED) is 0.651. The number of Topliss-reactive ketones (excluding diaryl/α,β-unsaturated/α-hetero) is 1. The SMILES string of the molecule is CCCCN1C(=O)C(O)=C(C(=O)CCc2ccccc2)C1c1ccc(OC)c(O)c1. The number of rotatable bonds is 9. The molecule has 158 valence electrons. The molecule has 2 N–H and O–H groups in total. The Morgan fingerprint density at radius 2 is 1.87 bits per heavy atom. The van der Waals surface area contributed by atoms with Gasteiger partial charge in [0.2, 0.25) is 0 Å². The Morgan fingerprint density at radius 1 is 1.13 bits per heavy atom. The molecule has 0 radical (unpaired) electrons. The van der Waals surface area contributed by atoms with Crippen LogP contribution in [0.2, 0.25) is 0 Å². The fourth-order valence-electron chi connectivity index (χ4n) is 3.76. The van der Waals surface area contributed by atoms with E-state index in [0.717, 1.165) is 18.4 Å². The molecule has 1 aliphatic heterocycles. The molecule has 1 aliphatic rings. The highest BCUT2D eigenvalue weighted by atomic mass is 16.5. The zero-order valence-electron chi connectivity index (χ0n) is 17.3. The monoisotopic (exact) mass is 409 g/mol. The number of ketones is 1. The van der Waals surface area contributed by atoms with Crippen molar-refractivity contribution in [2.45, 2.75) is 38.6 Å². The van der Waals surface area contributed by atoms with Crippen LogP contribution in [0.4, 0.5) is 0 Å². The summed E-state index contributed by atoms with van der Waals surface area (Å²) in [5.74, 6) is -1.10. The first kappa shape index (κ1) is 21.4. The molecule has 0 aromatic heterocycles. The van der Waals surface area contributed by atoms with Crippen molar-refractivity contribution in [2.24, 2.45) is 0 Å². The molecule has 1 amide bonds. The molecule has 6 heteroatoms. The molecule has 2 aromatic rings. The summed E-state index contributed by atoms with van der Waals surface area (Å²) in [6.07, 6.45) is 2.29. The third-order valence-corrected chi connectivity index (χ3v) is 5.36. The minimum atomic E-state index is -0.732. The summed E-state index contributed by atoms with van der Waals surface area (Å²) in [4.78, 5) is 27.4. The van der Waals surface area contributed by atoms with E-state index in [-0.39, 0.29) is 23.5 Å². The van der Waals surface area contributed by atoms with Gasteiger partial charge in [-0.25, -0.2) is 0 Å². The van der Waals surface area contributed by atoms with Crippen LogP contribution in [-0.2, 0) is 16.0 Å². The molecular weight excluding hydrogens is 382 g/mol. The van der Waals surface area contributed by atoms with Crippen LogP contribution in [0.5, 0.6) is 11.5 Å².